The van der Waals surface area contributed by atoms with Crippen molar-refractivity contribution >= 4 is 44.5 Å². The predicted molar refractivity (Wildman–Crippen MR) is 126 cm³/mol. The van der Waals surface area contributed by atoms with E-state index in [0.29, 0.717) is 13.1 Å². The van der Waals surface area contributed by atoms with Crippen LogP contribution in [0.15, 0.2) is 72.0 Å². The fraction of sp³-hybridized carbons (Fsp3) is 0.217. The Labute approximate surface area is 189 Å². The van der Waals surface area contributed by atoms with E-state index in [9.17, 15) is 4.79 Å². The third kappa shape index (κ3) is 4.55. The highest BCUT2D eigenvalue weighted by molar-refractivity contribution is 7.98. The zero-order valence-electron chi connectivity index (χ0n) is 16.8. The summed E-state index contributed by atoms with van der Waals surface area (Å²) in [7, 11) is 0. The van der Waals surface area contributed by atoms with Crippen molar-refractivity contribution in [2.24, 2.45) is 0 Å². The molecule has 0 radical (unpaired) electrons. The first-order valence-corrected chi connectivity index (χ1v) is 11.9. The zero-order chi connectivity index (χ0) is 21.0. The van der Waals surface area contributed by atoms with Crippen molar-refractivity contribution in [3.05, 3.63) is 78.2 Å². The van der Waals surface area contributed by atoms with Gasteiger partial charge in [0.1, 0.15) is 10.3 Å². The van der Waals surface area contributed by atoms with E-state index in [4.69, 9.17) is 0 Å². The summed E-state index contributed by atoms with van der Waals surface area (Å²) in [5.41, 5.74) is 2.86. The van der Waals surface area contributed by atoms with E-state index in [-0.39, 0.29) is 5.91 Å². The molecule has 156 valence electrons. The van der Waals surface area contributed by atoms with Gasteiger partial charge in [0.15, 0.2) is 5.13 Å². The molecule has 3 aromatic heterocycles. The van der Waals surface area contributed by atoms with Gasteiger partial charge in [-0.15, -0.1) is 11.8 Å². The topological polar surface area (TPSA) is 62.2 Å². The minimum absolute atomic E-state index is 0.0921. The molecule has 6 nitrogen and oxygen atoms in total. The van der Waals surface area contributed by atoms with E-state index < -0.39 is 0 Å². The molecule has 0 bridgehead atoms. The molecule has 31 heavy (non-hydrogen) atoms. The Bertz CT molecular complexity index is 1140. The summed E-state index contributed by atoms with van der Waals surface area (Å²) in [6.07, 6.45) is 5.46. The smallest absolute Gasteiger partial charge is 0.253 e. The molecule has 0 aliphatic carbocycles. The Hall–Kier alpha value is -2.97. The van der Waals surface area contributed by atoms with E-state index in [1.54, 1.807) is 35.5 Å². The van der Waals surface area contributed by atoms with Crippen LogP contribution >= 0.6 is 23.1 Å². The lowest BCUT2D eigenvalue weighted by molar-refractivity contribution is 0.0746. The molecule has 1 aliphatic heterocycles. The lowest BCUT2D eigenvalue weighted by Gasteiger charge is -2.34. The summed E-state index contributed by atoms with van der Waals surface area (Å²) < 4.78 is 0. The SMILES string of the molecule is O=C(c1ccc(SCc2cccnc2)cc1)N1CCN(c2nc3cccnc3s2)CC1. The number of benzene rings is 1. The van der Waals surface area contributed by atoms with Crippen molar-refractivity contribution in [2.45, 2.75) is 10.6 Å². The largest absolute Gasteiger partial charge is 0.344 e. The van der Waals surface area contributed by atoms with Gasteiger partial charge in [0.2, 0.25) is 0 Å². The van der Waals surface area contributed by atoms with Gasteiger partial charge in [-0.05, 0) is 48.0 Å². The maximum atomic E-state index is 12.9. The summed E-state index contributed by atoms with van der Waals surface area (Å²) in [6, 6.07) is 15.8. The van der Waals surface area contributed by atoms with Crippen LogP contribution in [-0.4, -0.2) is 51.9 Å². The van der Waals surface area contributed by atoms with Gasteiger partial charge in [0, 0.05) is 61.0 Å². The average molecular weight is 448 g/mol. The molecule has 0 unspecified atom stereocenters. The van der Waals surface area contributed by atoms with Gasteiger partial charge >= 0.3 is 0 Å². The third-order valence-electron chi connectivity index (χ3n) is 5.22. The van der Waals surface area contributed by atoms with Gasteiger partial charge in [-0.3, -0.25) is 9.78 Å². The second kappa shape index (κ2) is 9.03. The van der Waals surface area contributed by atoms with Gasteiger partial charge in [-0.25, -0.2) is 9.97 Å². The van der Waals surface area contributed by atoms with Gasteiger partial charge in [0.05, 0.1) is 0 Å². The summed E-state index contributed by atoms with van der Waals surface area (Å²) >= 11 is 3.35. The highest BCUT2D eigenvalue weighted by Gasteiger charge is 2.24. The first-order valence-electron chi connectivity index (χ1n) is 10.1. The molecule has 1 saturated heterocycles. The highest BCUT2D eigenvalue weighted by atomic mass is 32.2. The Morgan fingerprint density at radius 1 is 1.00 bits per heavy atom. The molecule has 1 amide bonds. The van der Waals surface area contributed by atoms with Crippen LogP contribution in [0.3, 0.4) is 0 Å². The molecule has 1 fully saturated rings. The molecule has 0 N–H and O–H groups in total. The number of nitrogens with zero attached hydrogens (tertiary/aromatic N) is 5. The van der Waals surface area contributed by atoms with Crippen molar-refractivity contribution in [3.8, 4) is 0 Å². The quantitative estimate of drug-likeness (QED) is 0.424. The van der Waals surface area contributed by atoms with E-state index in [0.717, 1.165) is 44.8 Å². The Kier molecular flexibility index (Phi) is 5.82. The van der Waals surface area contributed by atoms with E-state index >= 15 is 0 Å². The lowest BCUT2D eigenvalue weighted by Crippen LogP contribution is -2.48. The van der Waals surface area contributed by atoms with Crippen LogP contribution in [0, 0.1) is 0 Å². The van der Waals surface area contributed by atoms with Crippen LogP contribution in [0.1, 0.15) is 15.9 Å². The average Bonchev–Trinajstić information content (AvgIpc) is 3.28. The molecule has 5 rings (SSSR count). The van der Waals surface area contributed by atoms with Crippen LogP contribution in [0.2, 0.25) is 0 Å². The molecule has 0 spiro atoms. The molecule has 0 saturated carbocycles. The van der Waals surface area contributed by atoms with Crippen molar-refractivity contribution in [1.82, 2.24) is 19.9 Å². The molecule has 1 aliphatic rings. The zero-order valence-corrected chi connectivity index (χ0v) is 18.5. The second-order valence-electron chi connectivity index (χ2n) is 7.28. The van der Waals surface area contributed by atoms with Gasteiger partial charge in [-0.2, -0.15) is 0 Å². The first kappa shape index (κ1) is 20.0. The highest BCUT2D eigenvalue weighted by Crippen LogP contribution is 2.28. The van der Waals surface area contributed by atoms with Crippen molar-refractivity contribution in [3.63, 3.8) is 0 Å². The number of fused-ring (bicyclic) bond motifs is 1. The van der Waals surface area contributed by atoms with Crippen molar-refractivity contribution < 1.29 is 4.79 Å². The second-order valence-corrected chi connectivity index (χ2v) is 9.28. The summed E-state index contributed by atoms with van der Waals surface area (Å²) in [5, 5.41) is 0.982. The molecular weight excluding hydrogens is 426 g/mol. The Morgan fingerprint density at radius 2 is 1.81 bits per heavy atom. The monoisotopic (exact) mass is 447 g/mol. The number of thioether (sulfide) groups is 1. The maximum absolute atomic E-state index is 12.9. The summed E-state index contributed by atoms with van der Waals surface area (Å²) in [6.45, 7) is 2.95. The van der Waals surface area contributed by atoms with E-state index in [1.165, 1.54) is 5.56 Å². The number of pyridine rings is 2. The number of carbonyl (C=O) groups excluding carboxylic acids is 1. The predicted octanol–water partition coefficient (Wildman–Crippen LogP) is 4.34. The number of thiazole rings is 1. The Balaban J connectivity index is 1.17. The molecule has 4 heterocycles. The Morgan fingerprint density at radius 3 is 2.55 bits per heavy atom. The minimum atomic E-state index is 0.0921. The summed E-state index contributed by atoms with van der Waals surface area (Å²) in [4.78, 5) is 32.4. The standard InChI is InChI=1S/C23H21N5OS2/c29-22(18-5-7-19(8-6-18)30-16-17-3-1-9-24-15-17)27-11-13-28(14-12-27)23-26-20-4-2-10-25-21(20)31-23/h1-10,15H,11-14,16H2. The van der Waals surface area contributed by atoms with Gasteiger partial charge in [0.25, 0.3) is 5.91 Å². The fourth-order valence-corrected chi connectivity index (χ4v) is 5.31. The number of anilines is 1. The summed E-state index contributed by atoms with van der Waals surface area (Å²) in [5.74, 6) is 0.958. The van der Waals surface area contributed by atoms with Gasteiger partial charge < -0.3 is 9.80 Å². The molecular formula is C23H21N5OS2. The van der Waals surface area contributed by atoms with Crippen LogP contribution in [0.25, 0.3) is 10.3 Å². The van der Waals surface area contributed by atoms with E-state index in [2.05, 4.69) is 25.9 Å². The normalized spacial score (nSPS) is 14.2. The molecule has 0 atom stereocenters. The first-order chi connectivity index (χ1) is 15.3. The number of piperazine rings is 1. The fourth-order valence-electron chi connectivity index (χ4n) is 3.52. The number of hydrogen-bond acceptors (Lipinski definition) is 7. The van der Waals surface area contributed by atoms with Crippen LogP contribution in [-0.2, 0) is 5.75 Å². The number of carbonyl (C=O) groups is 1. The van der Waals surface area contributed by atoms with Gasteiger partial charge in [-0.1, -0.05) is 17.4 Å². The van der Waals surface area contributed by atoms with Crippen molar-refractivity contribution in [1.29, 1.82) is 0 Å². The van der Waals surface area contributed by atoms with Crippen LogP contribution < -0.4 is 4.90 Å². The number of amides is 1. The number of rotatable bonds is 5. The van der Waals surface area contributed by atoms with Crippen LogP contribution in [0.5, 0.6) is 0 Å². The molecule has 4 aromatic rings. The lowest BCUT2D eigenvalue weighted by atomic mass is 10.2. The van der Waals surface area contributed by atoms with Crippen LogP contribution in [0.4, 0.5) is 5.13 Å². The molecule has 1 aromatic carbocycles. The third-order valence-corrected chi connectivity index (χ3v) is 7.35. The number of hydrogen-bond donors (Lipinski definition) is 0. The van der Waals surface area contributed by atoms with E-state index in [1.807, 2.05) is 53.6 Å². The molecule has 8 heteroatoms. The maximum Gasteiger partial charge on any atom is 0.253 e. The minimum Gasteiger partial charge on any atom is -0.344 e. The number of aromatic nitrogens is 3. The van der Waals surface area contributed by atoms with Crippen molar-refractivity contribution in [2.75, 3.05) is 31.1 Å².